The first kappa shape index (κ1) is 22.4. The number of amides is 1. The van der Waals surface area contributed by atoms with Gasteiger partial charge >= 0.3 is 12.1 Å². The van der Waals surface area contributed by atoms with Crippen LogP contribution in [0, 0.1) is 0 Å². The number of carbonyl (C=O) groups excluding carboxylic acids is 2. The van der Waals surface area contributed by atoms with E-state index in [9.17, 15) is 19.8 Å². The van der Waals surface area contributed by atoms with Crippen LogP contribution in [0.25, 0.3) is 11.1 Å². The van der Waals surface area contributed by atoms with Gasteiger partial charge < -0.3 is 25.0 Å². The minimum absolute atomic E-state index is 0.00532. The molecule has 1 aromatic heterocycles. The Labute approximate surface area is 190 Å². The number of aromatic nitrogens is 1. The molecule has 0 saturated carbocycles. The second-order valence-corrected chi connectivity index (χ2v) is 7.66. The van der Waals surface area contributed by atoms with Crippen LogP contribution in [0.3, 0.4) is 0 Å². The smallest absolute Gasteiger partial charge is 0.407 e. The number of ether oxygens (including phenoxy) is 2. The number of rotatable bonds is 7. The molecule has 3 aromatic rings. The number of hydrogen-bond acceptors (Lipinski definition) is 7. The van der Waals surface area contributed by atoms with Gasteiger partial charge in [0.15, 0.2) is 0 Å². The topological polar surface area (TPSA) is 118 Å². The number of carbonyl (C=O) groups is 2. The summed E-state index contributed by atoms with van der Waals surface area (Å²) in [5.74, 6) is -0.737. The first-order valence-corrected chi connectivity index (χ1v) is 10.5. The SMILES string of the molecule is COC(=O)c1cccc(C(O)C(O)CNC(=O)OCC2c3ccccc3-c3ccccc32)n1. The zero-order valence-electron chi connectivity index (χ0n) is 18.0. The van der Waals surface area contributed by atoms with E-state index >= 15 is 0 Å². The molecule has 0 saturated heterocycles. The van der Waals surface area contributed by atoms with Crippen molar-refractivity contribution in [1.82, 2.24) is 10.3 Å². The number of pyridine rings is 1. The number of methoxy groups -OCH3 is 1. The van der Waals surface area contributed by atoms with Crippen LogP contribution in [0.15, 0.2) is 66.7 Å². The van der Waals surface area contributed by atoms with Crippen LogP contribution in [0.2, 0.25) is 0 Å². The number of alkyl carbamates (subject to hydrolysis) is 1. The molecule has 0 spiro atoms. The number of fused-ring (bicyclic) bond motifs is 3. The van der Waals surface area contributed by atoms with E-state index in [0.29, 0.717) is 0 Å². The summed E-state index contributed by atoms with van der Waals surface area (Å²) in [6, 6.07) is 20.4. The van der Waals surface area contributed by atoms with E-state index in [1.165, 1.54) is 25.3 Å². The third-order valence-corrected chi connectivity index (χ3v) is 5.63. The molecule has 33 heavy (non-hydrogen) atoms. The minimum atomic E-state index is -1.41. The van der Waals surface area contributed by atoms with Gasteiger partial charge in [0.2, 0.25) is 0 Å². The molecule has 4 rings (SSSR count). The van der Waals surface area contributed by atoms with E-state index in [0.717, 1.165) is 22.3 Å². The lowest BCUT2D eigenvalue weighted by Gasteiger charge is -2.19. The molecule has 2 aromatic carbocycles. The van der Waals surface area contributed by atoms with Gasteiger partial charge in [0.25, 0.3) is 0 Å². The van der Waals surface area contributed by atoms with Gasteiger partial charge in [0, 0.05) is 12.5 Å². The minimum Gasteiger partial charge on any atom is -0.464 e. The molecular formula is C25H24N2O6. The van der Waals surface area contributed by atoms with Crippen LogP contribution >= 0.6 is 0 Å². The zero-order valence-corrected chi connectivity index (χ0v) is 18.0. The standard InChI is InChI=1S/C25H24N2O6/c1-32-24(30)21-12-6-11-20(27-21)23(29)22(28)13-26-25(31)33-14-19-17-9-4-2-7-15(17)16-8-3-5-10-18(16)19/h2-12,19,22-23,28-29H,13-14H2,1H3,(H,26,31). The molecule has 1 aliphatic rings. The molecule has 1 amide bonds. The molecule has 1 heterocycles. The Balaban J connectivity index is 1.33. The molecule has 170 valence electrons. The summed E-state index contributed by atoms with van der Waals surface area (Å²) in [6.45, 7) is -0.122. The van der Waals surface area contributed by atoms with Crippen LogP contribution in [0.4, 0.5) is 4.79 Å². The highest BCUT2D eigenvalue weighted by molar-refractivity contribution is 5.87. The lowest BCUT2D eigenvalue weighted by molar-refractivity contribution is 0.0158. The van der Waals surface area contributed by atoms with E-state index in [1.54, 1.807) is 0 Å². The average molecular weight is 448 g/mol. The largest absolute Gasteiger partial charge is 0.464 e. The van der Waals surface area contributed by atoms with Crippen LogP contribution in [0.5, 0.6) is 0 Å². The molecule has 2 atom stereocenters. The molecule has 2 unspecified atom stereocenters. The molecule has 3 N–H and O–H groups in total. The van der Waals surface area contributed by atoms with Crippen LogP contribution in [-0.2, 0) is 9.47 Å². The van der Waals surface area contributed by atoms with Gasteiger partial charge in [-0.25, -0.2) is 14.6 Å². The maximum Gasteiger partial charge on any atom is 0.407 e. The first-order chi connectivity index (χ1) is 16.0. The Bertz CT molecular complexity index is 1120. The molecule has 0 radical (unpaired) electrons. The van der Waals surface area contributed by atoms with Crippen molar-refractivity contribution in [2.24, 2.45) is 0 Å². The maximum absolute atomic E-state index is 12.3. The van der Waals surface area contributed by atoms with Crippen molar-refractivity contribution in [1.29, 1.82) is 0 Å². The summed E-state index contributed by atoms with van der Waals surface area (Å²) < 4.78 is 10.0. The number of nitrogens with zero attached hydrogens (tertiary/aromatic N) is 1. The van der Waals surface area contributed by atoms with E-state index in [-0.39, 0.29) is 30.5 Å². The van der Waals surface area contributed by atoms with Gasteiger partial charge in [0.05, 0.1) is 12.8 Å². The van der Waals surface area contributed by atoms with Crippen LogP contribution < -0.4 is 5.32 Å². The number of benzene rings is 2. The van der Waals surface area contributed by atoms with Crippen molar-refractivity contribution in [2.75, 3.05) is 20.3 Å². The third kappa shape index (κ3) is 4.72. The summed E-state index contributed by atoms with van der Waals surface area (Å²) in [4.78, 5) is 27.9. The van der Waals surface area contributed by atoms with E-state index in [2.05, 4.69) is 27.2 Å². The molecule has 1 aliphatic carbocycles. The highest BCUT2D eigenvalue weighted by atomic mass is 16.5. The Morgan fingerprint density at radius 2 is 1.61 bits per heavy atom. The van der Waals surface area contributed by atoms with Crippen LogP contribution in [-0.4, -0.2) is 53.6 Å². The average Bonchev–Trinajstić information content (AvgIpc) is 3.18. The zero-order chi connectivity index (χ0) is 23.4. The number of hydrogen-bond donors (Lipinski definition) is 3. The number of esters is 1. The van der Waals surface area contributed by atoms with Crippen molar-refractivity contribution in [3.05, 3.63) is 89.2 Å². The monoisotopic (exact) mass is 448 g/mol. The second kappa shape index (κ2) is 9.81. The molecule has 8 nitrogen and oxygen atoms in total. The Hall–Kier alpha value is -3.75. The predicted octanol–water partition coefficient (Wildman–Crippen LogP) is 2.80. The highest BCUT2D eigenvalue weighted by Gasteiger charge is 2.29. The maximum atomic E-state index is 12.3. The lowest BCUT2D eigenvalue weighted by Crippen LogP contribution is -2.36. The Morgan fingerprint density at radius 1 is 0.970 bits per heavy atom. The fraction of sp³-hybridized carbons (Fsp3) is 0.240. The Morgan fingerprint density at radius 3 is 2.24 bits per heavy atom. The summed E-state index contributed by atoms with van der Waals surface area (Å²) in [6.07, 6.45) is -3.48. The first-order valence-electron chi connectivity index (χ1n) is 10.5. The highest BCUT2D eigenvalue weighted by Crippen LogP contribution is 2.44. The summed E-state index contributed by atoms with van der Waals surface area (Å²) >= 11 is 0. The molecule has 0 fully saturated rings. The van der Waals surface area contributed by atoms with Crippen LogP contribution in [0.1, 0.15) is 39.3 Å². The summed E-state index contributed by atoms with van der Waals surface area (Å²) in [5.41, 5.74) is 4.53. The normalized spacial score (nSPS) is 14.0. The van der Waals surface area contributed by atoms with E-state index < -0.39 is 24.3 Å². The molecule has 0 aliphatic heterocycles. The van der Waals surface area contributed by atoms with Crippen molar-refractivity contribution >= 4 is 12.1 Å². The van der Waals surface area contributed by atoms with Gasteiger partial charge in [-0.15, -0.1) is 0 Å². The van der Waals surface area contributed by atoms with Gasteiger partial charge in [-0.2, -0.15) is 0 Å². The summed E-state index contributed by atoms with van der Waals surface area (Å²) in [5, 5.41) is 23.1. The van der Waals surface area contributed by atoms with Gasteiger partial charge in [-0.1, -0.05) is 54.6 Å². The fourth-order valence-corrected chi connectivity index (χ4v) is 3.98. The molecule has 8 heteroatoms. The van der Waals surface area contributed by atoms with Gasteiger partial charge in [-0.05, 0) is 34.4 Å². The molecule has 0 bridgehead atoms. The third-order valence-electron chi connectivity index (χ3n) is 5.63. The summed E-state index contributed by atoms with van der Waals surface area (Å²) in [7, 11) is 1.22. The quantitative estimate of drug-likeness (QED) is 0.476. The lowest BCUT2D eigenvalue weighted by atomic mass is 9.98. The van der Waals surface area contributed by atoms with Crippen molar-refractivity contribution in [2.45, 2.75) is 18.1 Å². The van der Waals surface area contributed by atoms with Crippen molar-refractivity contribution < 1.29 is 29.3 Å². The molecular weight excluding hydrogens is 424 g/mol. The number of aliphatic hydroxyl groups is 2. The second-order valence-electron chi connectivity index (χ2n) is 7.66. The van der Waals surface area contributed by atoms with E-state index in [1.807, 2.05) is 36.4 Å². The van der Waals surface area contributed by atoms with Crippen molar-refractivity contribution in [3.8, 4) is 11.1 Å². The van der Waals surface area contributed by atoms with E-state index in [4.69, 9.17) is 4.74 Å². The predicted molar refractivity (Wildman–Crippen MR) is 120 cm³/mol. The van der Waals surface area contributed by atoms with Crippen molar-refractivity contribution in [3.63, 3.8) is 0 Å². The fourth-order valence-electron chi connectivity index (χ4n) is 3.98. The number of nitrogens with one attached hydrogen (secondary N) is 1. The van der Waals surface area contributed by atoms with Gasteiger partial charge in [0.1, 0.15) is 24.5 Å². The van der Waals surface area contributed by atoms with Gasteiger partial charge in [-0.3, -0.25) is 0 Å². The Kier molecular flexibility index (Phi) is 6.67. The number of aliphatic hydroxyl groups excluding tert-OH is 2.